The van der Waals surface area contributed by atoms with E-state index in [2.05, 4.69) is 9.71 Å². The number of imidazole rings is 1. The minimum atomic E-state index is -3.37. The molecule has 0 saturated heterocycles. The molecule has 0 amide bonds. The molecule has 22 heavy (non-hydrogen) atoms. The van der Waals surface area contributed by atoms with Crippen molar-refractivity contribution in [3.8, 4) is 5.75 Å². The van der Waals surface area contributed by atoms with Gasteiger partial charge in [-0.05, 0) is 24.1 Å². The SMILES string of the molecule is CCCS(=O)(=O)NC(c1ccc(OC)cc1)c1nccn1C. The van der Waals surface area contributed by atoms with Gasteiger partial charge in [-0.3, -0.25) is 0 Å². The topological polar surface area (TPSA) is 73.2 Å². The summed E-state index contributed by atoms with van der Waals surface area (Å²) < 4.78 is 34.0. The Morgan fingerprint density at radius 2 is 2.00 bits per heavy atom. The van der Waals surface area contributed by atoms with Crippen LogP contribution in [0.3, 0.4) is 0 Å². The van der Waals surface area contributed by atoms with E-state index in [9.17, 15) is 8.42 Å². The highest BCUT2D eigenvalue weighted by molar-refractivity contribution is 7.89. The molecule has 0 aliphatic rings. The van der Waals surface area contributed by atoms with Gasteiger partial charge in [-0.15, -0.1) is 0 Å². The van der Waals surface area contributed by atoms with E-state index >= 15 is 0 Å². The molecule has 0 fully saturated rings. The number of benzene rings is 1. The highest BCUT2D eigenvalue weighted by Gasteiger charge is 2.23. The molecule has 0 radical (unpaired) electrons. The van der Waals surface area contributed by atoms with Gasteiger partial charge in [0.2, 0.25) is 10.0 Å². The molecule has 6 nitrogen and oxygen atoms in total. The number of rotatable bonds is 7. The summed E-state index contributed by atoms with van der Waals surface area (Å²) in [6.07, 6.45) is 4.01. The maximum atomic E-state index is 12.2. The number of nitrogens with zero attached hydrogens (tertiary/aromatic N) is 2. The predicted octanol–water partition coefficient (Wildman–Crippen LogP) is 1.85. The largest absolute Gasteiger partial charge is 0.497 e. The highest BCUT2D eigenvalue weighted by Crippen LogP contribution is 2.23. The smallest absolute Gasteiger partial charge is 0.212 e. The number of hydrogen-bond donors (Lipinski definition) is 1. The van der Waals surface area contributed by atoms with Gasteiger partial charge in [0.05, 0.1) is 12.9 Å². The third kappa shape index (κ3) is 3.86. The maximum Gasteiger partial charge on any atom is 0.212 e. The highest BCUT2D eigenvalue weighted by atomic mass is 32.2. The van der Waals surface area contributed by atoms with E-state index in [-0.39, 0.29) is 5.75 Å². The first-order valence-corrected chi connectivity index (χ1v) is 8.73. The molecule has 7 heteroatoms. The fourth-order valence-electron chi connectivity index (χ4n) is 2.23. The summed E-state index contributed by atoms with van der Waals surface area (Å²) in [7, 11) is 0.0606. The van der Waals surface area contributed by atoms with Gasteiger partial charge in [0.15, 0.2) is 0 Å². The van der Waals surface area contributed by atoms with Crippen molar-refractivity contribution in [3.63, 3.8) is 0 Å². The van der Waals surface area contributed by atoms with E-state index in [1.807, 2.05) is 30.7 Å². The Balaban J connectivity index is 2.39. The van der Waals surface area contributed by atoms with Gasteiger partial charge in [0.1, 0.15) is 17.6 Å². The summed E-state index contributed by atoms with van der Waals surface area (Å²) in [6.45, 7) is 1.84. The van der Waals surface area contributed by atoms with Crippen LogP contribution in [0.25, 0.3) is 0 Å². The van der Waals surface area contributed by atoms with Crippen LogP contribution in [0.5, 0.6) is 5.75 Å². The van der Waals surface area contributed by atoms with Crippen molar-refractivity contribution in [2.75, 3.05) is 12.9 Å². The van der Waals surface area contributed by atoms with Crippen LogP contribution in [-0.4, -0.2) is 30.8 Å². The van der Waals surface area contributed by atoms with E-state index in [0.29, 0.717) is 12.2 Å². The Morgan fingerprint density at radius 1 is 1.32 bits per heavy atom. The van der Waals surface area contributed by atoms with Crippen LogP contribution in [0.1, 0.15) is 30.8 Å². The van der Waals surface area contributed by atoms with Crippen LogP contribution >= 0.6 is 0 Å². The summed E-state index contributed by atoms with van der Waals surface area (Å²) in [5, 5.41) is 0. The number of methoxy groups -OCH3 is 1. The quantitative estimate of drug-likeness (QED) is 0.844. The lowest BCUT2D eigenvalue weighted by Gasteiger charge is -2.19. The van der Waals surface area contributed by atoms with Crippen molar-refractivity contribution >= 4 is 10.0 Å². The molecule has 1 aromatic carbocycles. The van der Waals surface area contributed by atoms with Crippen molar-refractivity contribution in [2.45, 2.75) is 19.4 Å². The second kappa shape index (κ2) is 6.93. The molecule has 1 heterocycles. The van der Waals surface area contributed by atoms with E-state index in [1.165, 1.54) is 0 Å². The standard InChI is InChI=1S/C15H21N3O3S/c1-4-11-22(19,20)17-14(15-16-9-10-18(15)2)12-5-7-13(21-3)8-6-12/h5-10,14,17H,4,11H2,1-3H3. The molecule has 0 aliphatic heterocycles. The monoisotopic (exact) mass is 323 g/mol. The Morgan fingerprint density at radius 3 is 2.50 bits per heavy atom. The number of aromatic nitrogens is 2. The van der Waals surface area contributed by atoms with Gasteiger partial charge >= 0.3 is 0 Å². The lowest BCUT2D eigenvalue weighted by molar-refractivity contribution is 0.414. The fraction of sp³-hybridized carbons (Fsp3) is 0.400. The van der Waals surface area contributed by atoms with Crippen LogP contribution in [0.2, 0.25) is 0 Å². The van der Waals surface area contributed by atoms with E-state index in [1.54, 1.807) is 31.6 Å². The third-order valence-electron chi connectivity index (χ3n) is 3.34. The van der Waals surface area contributed by atoms with Crippen molar-refractivity contribution in [1.29, 1.82) is 0 Å². The van der Waals surface area contributed by atoms with Crippen LogP contribution in [0.15, 0.2) is 36.7 Å². The Kier molecular flexibility index (Phi) is 5.20. The van der Waals surface area contributed by atoms with Crippen LogP contribution in [0.4, 0.5) is 0 Å². The predicted molar refractivity (Wildman–Crippen MR) is 85.3 cm³/mol. The first-order chi connectivity index (χ1) is 10.5. The average molecular weight is 323 g/mol. The minimum absolute atomic E-state index is 0.0874. The second-order valence-corrected chi connectivity index (χ2v) is 6.91. The molecule has 1 unspecified atom stereocenters. The van der Waals surface area contributed by atoms with Gasteiger partial charge in [-0.25, -0.2) is 18.1 Å². The third-order valence-corrected chi connectivity index (χ3v) is 4.88. The average Bonchev–Trinajstić information content (AvgIpc) is 2.91. The lowest BCUT2D eigenvalue weighted by atomic mass is 10.1. The van der Waals surface area contributed by atoms with E-state index in [0.717, 1.165) is 11.3 Å². The number of ether oxygens (including phenoxy) is 1. The van der Waals surface area contributed by atoms with Crippen LogP contribution < -0.4 is 9.46 Å². The minimum Gasteiger partial charge on any atom is -0.497 e. The zero-order valence-electron chi connectivity index (χ0n) is 13.0. The number of sulfonamides is 1. The first-order valence-electron chi connectivity index (χ1n) is 7.08. The molecule has 0 aliphatic carbocycles. The Labute approximate surface area is 131 Å². The molecule has 1 atom stereocenters. The van der Waals surface area contributed by atoms with E-state index in [4.69, 9.17) is 4.74 Å². The molecule has 0 spiro atoms. The summed E-state index contributed by atoms with van der Waals surface area (Å²) >= 11 is 0. The summed E-state index contributed by atoms with van der Waals surface area (Å²) in [5.41, 5.74) is 0.815. The van der Waals surface area contributed by atoms with E-state index < -0.39 is 16.1 Å². The molecular weight excluding hydrogens is 302 g/mol. The molecule has 120 valence electrons. The molecule has 2 rings (SSSR count). The molecule has 2 aromatic rings. The fourth-order valence-corrected chi connectivity index (χ4v) is 3.48. The van der Waals surface area contributed by atoms with Crippen molar-refractivity contribution in [1.82, 2.24) is 14.3 Å². The van der Waals surface area contributed by atoms with Crippen LogP contribution in [0, 0.1) is 0 Å². The lowest BCUT2D eigenvalue weighted by Crippen LogP contribution is -2.32. The van der Waals surface area contributed by atoms with Gasteiger partial charge in [0.25, 0.3) is 0 Å². The van der Waals surface area contributed by atoms with Gasteiger partial charge < -0.3 is 9.30 Å². The second-order valence-electron chi connectivity index (χ2n) is 5.04. The van der Waals surface area contributed by atoms with Gasteiger partial charge in [0, 0.05) is 19.4 Å². The molecule has 0 saturated carbocycles. The number of aryl methyl sites for hydroxylation is 1. The number of nitrogens with one attached hydrogen (secondary N) is 1. The van der Waals surface area contributed by atoms with Crippen molar-refractivity contribution in [3.05, 3.63) is 48.0 Å². The van der Waals surface area contributed by atoms with Crippen molar-refractivity contribution in [2.24, 2.45) is 7.05 Å². The molecule has 1 N–H and O–H groups in total. The Hall–Kier alpha value is -1.86. The molecular formula is C15H21N3O3S. The first kappa shape index (κ1) is 16.5. The zero-order chi connectivity index (χ0) is 16.2. The Bertz CT molecular complexity index is 708. The normalized spacial score (nSPS) is 13.0. The van der Waals surface area contributed by atoms with Gasteiger partial charge in [-0.2, -0.15) is 0 Å². The molecule has 0 bridgehead atoms. The summed E-state index contributed by atoms with van der Waals surface area (Å²) in [4.78, 5) is 4.28. The summed E-state index contributed by atoms with van der Waals surface area (Å²) in [6, 6.07) is 6.76. The van der Waals surface area contributed by atoms with Crippen LogP contribution in [-0.2, 0) is 17.1 Å². The number of hydrogen-bond acceptors (Lipinski definition) is 4. The maximum absolute atomic E-state index is 12.2. The molecule has 1 aromatic heterocycles. The van der Waals surface area contributed by atoms with Gasteiger partial charge in [-0.1, -0.05) is 19.1 Å². The van der Waals surface area contributed by atoms with Crippen molar-refractivity contribution < 1.29 is 13.2 Å². The summed E-state index contributed by atoms with van der Waals surface area (Å²) in [5.74, 6) is 1.45. The zero-order valence-corrected chi connectivity index (χ0v) is 13.8.